The summed E-state index contributed by atoms with van der Waals surface area (Å²) in [7, 11) is 3.13. The quantitative estimate of drug-likeness (QED) is 0.533. The molecule has 190 valence electrons. The zero-order valence-electron chi connectivity index (χ0n) is 20.8. The van der Waals surface area contributed by atoms with E-state index in [-0.39, 0.29) is 28.8 Å². The number of carbonyl (C=O) groups is 1. The number of phenolic OH excluding ortho intramolecular Hbond substituents is 1. The maximum absolute atomic E-state index is 13.2. The Morgan fingerprint density at radius 3 is 2.68 bits per heavy atom. The number of Topliss-reactive ketones (excluding diaryl/α,β-unsaturated/α-hetero) is 1. The number of nitrogens with zero attached hydrogens (tertiary/aromatic N) is 2. The summed E-state index contributed by atoms with van der Waals surface area (Å²) in [6.45, 7) is 2.73. The Kier molecular flexibility index (Phi) is 5.76. The first kappa shape index (κ1) is 23.4. The van der Waals surface area contributed by atoms with E-state index in [1.165, 1.54) is 0 Å². The number of fused-ring (bicyclic) bond motifs is 5. The van der Waals surface area contributed by atoms with Gasteiger partial charge in [0.05, 0.1) is 25.3 Å². The Hall–Kier alpha value is -4.04. The van der Waals surface area contributed by atoms with E-state index in [1.807, 2.05) is 22.8 Å². The van der Waals surface area contributed by atoms with Gasteiger partial charge in [0.2, 0.25) is 5.78 Å². The van der Waals surface area contributed by atoms with Crippen LogP contribution in [0.4, 0.5) is 0 Å². The highest BCUT2D eigenvalue weighted by atomic mass is 16.5. The molecular weight excluding hydrogens is 472 g/mol. The monoisotopic (exact) mass is 500 g/mol. The first-order chi connectivity index (χ1) is 17.9. The summed E-state index contributed by atoms with van der Waals surface area (Å²) in [5, 5.41) is 10.8. The number of likely N-dealkylation sites (tertiary alicyclic amines) is 1. The number of hydrogen-bond acceptors (Lipinski definition) is 7. The van der Waals surface area contributed by atoms with Crippen LogP contribution in [0, 0.1) is 5.92 Å². The highest BCUT2D eigenvalue weighted by molar-refractivity contribution is 6.15. The van der Waals surface area contributed by atoms with Gasteiger partial charge in [-0.2, -0.15) is 0 Å². The average Bonchev–Trinajstić information content (AvgIpc) is 3.21. The Bertz CT molecular complexity index is 1490. The molecule has 0 spiro atoms. The number of ether oxygens (including phenoxy) is 3. The van der Waals surface area contributed by atoms with Gasteiger partial charge in [0.15, 0.2) is 17.3 Å². The summed E-state index contributed by atoms with van der Waals surface area (Å²) in [6, 6.07) is 14.0. The molecule has 1 fully saturated rings. The number of pyridine rings is 1. The van der Waals surface area contributed by atoms with E-state index >= 15 is 0 Å². The van der Waals surface area contributed by atoms with Gasteiger partial charge in [-0.15, -0.1) is 0 Å². The SMILES string of the molecule is COc1ccc(/C=C2\Oc3c(ccc(O)c3CN3C[C@@H]4C[C@@H](C3)c3cccc(=O)n3C4)C2=O)cc1OC. The highest BCUT2D eigenvalue weighted by Gasteiger charge is 2.36. The minimum atomic E-state index is -0.227. The Morgan fingerprint density at radius 2 is 1.86 bits per heavy atom. The van der Waals surface area contributed by atoms with Crippen LogP contribution in [0.1, 0.15) is 39.5 Å². The maximum Gasteiger partial charge on any atom is 0.250 e. The molecule has 8 heteroatoms. The Labute approximate surface area is 214 Å². The smallest absolute Gasteiger partial charge is 0.250 e. The van der Waals surface area contributed by atoms with Crippen molar-refractivity contribution in [2.24, 2.45) is 5.92 Å². The molecule has 3 aliphatic rings. The number of allylic oxidation sites excluding steroid dienone is 1. The number of methoxy groups -OCH3 is 2. The molecule has 37 heavy (non-hydrogen) atoms. The fraction of sp³-hybridized carbons (Fsp3) is 0.310. The fourth-order valence-corrected chi connectivity index (χ4v) is 5.89. The molecule has 8 nitrogen and oxygen atoms in total. The second kappa shape index (κ2) is 9.12. The van der Waals surface area contributed by atoms with Crippen LogP contribution in [0.5, 0.6) is 23.0 Å². The second-order valence-corrected chi connectivity index (χ2v) is 9.89. The number of ketones is 1. The van der Waals surface area contributed by atoms with Gasteiger partial charge in [-0.1, -0.05) is 12.1 Å². The lowest BCUT2D eigenvalue weighted by Gasteiger charge is -2.42. The van der Waals surface area contributed by atoms with Gasteiger partial charge in [0.1, 0.15) is 11.5 Å². The van der Waals surface area contributed by atoms with Crippen LogP contribution >= 0.6 is 0 Å². The van der Waals surface area contributed by atoms with E-state index in [0.29, 0.717) is 47.4 Å². The van der Waals surface area contributed by atoms with Gasteiger partial charge in [0.25, 0.3) is 5.56 Å². The number of aromatic hydroxyl groups is 1. The van der Waals surface area contributed by atoms with Crippen LogP contribution in [0.25, 0.3) is 6.08 Å². The first-order valence-electron chi connectivity index (χ1n) is 12.4. The molecule has 4 heterocycles. The molecule has 3 aromatic rings. The Morgan fingerprint density at radius 1 is 1.03 bits per heavy atom. The van der Waals surface area contributed by atoms with Crippen molar-refractivity contribution in [3.05, 3.63) is 87.0 Å². The zero-order chi connectivity index (χ0) is 25.7. The summed E-state index contributed by atoms with van der Waals surface area (Å²) >= 11 is 0. The molecule has 2 bridgehead atoms. The van der Waals surface area contributed by atoms with Gasteiger partial charge >= 0.3 is 0 Å². The third kappa shape index (κ3) is 4.07. The third-order valence-electron chi connectivity index (χ3n) is 7.56. The van der Waals surface area contributed by atoms with Gasteiger partial charge < -0.3 is 23.9 Å². The van der Waals surface area contributed by atoms with Crippen molar-refractivity contribution in [2.75, 3.05) is 27.3 Å². The highest BCUT2D eigenvalue weighted by Crippen LogP contribution is 2.42. The molecule has 6 rings (SSSR count). The molecule has 0 amide bonds. The molecule has 2 aromatic carbocycles. The third-order valence-corrected chi connectivity index (χ3v) is 7.56. The molecule has 3 aliphatic heterocycles. The zero-order valence-corrected chi connectivity index (χ0v) is 20.8. The molecule has 0 saturated carbocycles. The number of benzene rings is 2. The first-order valence-corrected chi connectivity index (χ1v) is 12.4. The van der Waals surface area contributed by atoms with Crippen LogP contribution in [0.2, 0.25) is 0 Å². The lowest BCUT2D eigenvalue weighted by molar-refractivity contribution is 0.101. The molecule has 2 atom stereocenters. The molecule has 1 aromatic heterocycles. The maximum atomic E-state index is 13.2. The summed E-state index contributed by atoms with van der Waals surface area (Å²) < 4.78 is 18.6. The Balaban J connectivity index is 1.27. The van der Waals surface area contributed by atoms with E-state index in [1.54, 1.807) is 50.6 Å². The molecular formula is C29H28N2O6. The largest absolute Gasteiger partial charge is 0.507 e. The van der Waals surface area contributed by atoms with Crippen molar-refractivity contribution in [1.82, 2.24) is 9.47 Å². The normalized spacial score (nSPS) is 21.4. The van der Waals surface area contributed by atoms with Gasteiger partial charge in [0, 0.05) is 43.9 Å². The molecule has 1 saturated heterocycles. The summed E-state index contributed by atoms with van der Waals surface area (Å²) in [5.74, 6) is 2.23. The number of aromatic nitrogens is 1. The number of carbonyl (C=O) groups excluding carboxylic acids is 1. The van der Waals surface area contributed by atoms with E-state index < -0.39 is 0 Å². The van der Waals surface area contributed by atoms with Crippen molar-refractivity contribution in [3.8, 4) is 23.0 Å². The van der Waals surface area contributed by atoms with Crippen molar-refractivity contribution in [3.63, 3.8) is 0 Å². The van der Waals surface area contributed by atoms with Crippen LogP contribution in [-0.4, -0.2) is 47.7 Å². The molecule has 0 radical (unpaired) electrons. The van der Waals surface area contributed by atoms with Crippen LogP contribution in [-0.2, 0) is 13.1 Å². The molecule has 1 N–H and O–H groups in total. The van der Waals surface area contributed by atoms with E-state index in [4.69, 9.17) is 14.2 Å². The molecule has 0 unspecified atom stereocenters. The number of hydrogen-bond donors (Lipinski definition) is 1. The number of rotatable bonds is 5. The predicted molar refractivity (Wildman–Crippen MR) is 137 cm³/mol. The van der Waals surface area contributed by atoms with Crippen molar-refractivity contribution in [1.29, 1.82) is 0 Å². The van der Waals surface area contributed by atoms with Crippen LogP contribution in [0.15, 0.2) is 59.1 Å². The topological polar surface area (TPSA) is 90.2 Å². The molecule has 0 aliphatic carbocycles. The minimum absolute atomic E-state index is 0.0554. The number of piperidine rings is 1. The van der Waals surface area contributed by atoms with Crippen LogP contribution < -0.4 is 19.8 Å². The second-order valence-electron chi connectivity index (χ2n) is 9.89. The van der Waals surface area contributed by atoms with Crippen molar-refractivity contribution in [2.45, 2.75) is 25.4 Å². The lowest BCUT2D eigenvalue weighted by Crippen LogP contribution is -2.46. The van der Waals surface area contributed by atoms with E-state index in [0.717, 1.165) is 30.8 Å². The standard InChI is InChI=1S/C29H28N2O6/c1-35-24-9-6-17(11-25(24)36-2)12-26-28(34)20-7-8-23(32)21(29(20)37-26)16-30-13-18-10-19(15-30)22-4-3-5-27(33)31(22)14-18/h3-9,11-12,18-19,32H,10,13-16H2,1-2H3/b26-12-/t18-,19-/m0/s1. The predicted octanol–water partition coefficient (Wildman–Crippen LogP) is 3.81. The van der Waals surface area contributed by atoms with Gasteiger partial charge in [-0.25, -0.2) is 0 Å². The van der Waals surface area contributed by atoms with E-state index in [9.17, 15) is 14.7 Å². The van der Waals surface area contributed by atoms with Gasteiger partial charge in [-0.3, -0.25) is 14.5 Å². The van der Waals surface area contributed by atoms with Gasteiger partial charge in [-0.05, 0) is 54.3 Å². The fourth-order valence-electron chi connectivity index (χ4n) is 5.89. The van der Waals surface area contributed by atoms with Crippen molar-refractivity contribution < 1.29 is 24.1 Å². The summed E-state index contributed by atoms with van der Waals surface area (Å²) in [5.41, 5.74) is 2.90. The number of phenols is 1. The minimum Gasteiger partial charge on any atom is -0.507 e. The van der Waals surface area contributed by atoms with Crippen molar-refractivity contribution >= 4 is 11.9 Å². The average molecular weight is 501 g/mol. The summed E-state index contributed by atoms with van der Waals surface area (Å²) in [4.78, 5) is 27.8. The summed E-state index contributed by atoms with van der Waals surface area (Å²) in [6.07, 6.45) is 2.72. The lowest BCUT2D eigenvalue weighted by atomic mass is 9.83. The van der Waals surface area contributed by atoms with Crippen LogP contribution in [0.3, 0.4) is 0 Å². The van der Waals surface area contributed by atoms with E-state index in [2.05, 4.69) is 4.90 Å².